The maximum absolute atomic E-state index is 12.4. The van der Waals surface area contributed by atoms with E-state index in [9.17, 15) is 4.79 Å². The van der Waals surface area contributed by atoms with Gasteiger partial charge in [0.15, 0.2) is 0 Å². The summed E-state index contributed by atoms with van der Waals surface area (Å²) in [7, 11) is 0. The number of hydrogen-bond acceptors (Lipinski definition) is 4. The molecular weight excluding hydrogens is 206 g/mol. The molecule has 0 radical (unpaired) electrons. The van der Waals surface area contributed by atoms with Crippen LogP contribution in [0.5, 0.6) is 0 Å². The number of oxime groups is 1. The van der Waals surface area contributed by atoms with Crippen molar-refractivity contribution in [1.29, 1.82) is 0 Å². The van der Waals surface area contributed by atoms with Crippen molar-refractivity contribution in [1.82, 2.24) is 9.78 Å². The second-order valence-electron chi connectivity index (χ2n) is 4.41. The summed E-state index contributed by atoms with van der Waals surface area (Å²) in [5.74, 6) is 0.0322. The van der Waals surface area contributed by atoms with Crippen molar-refractivity contribution >= 4 is 11.6 Å². The molecule has 3 rings (SSSR count). The van der Waals surface area contributed by atoms with Gasteiger partial charge in [0, 0.05) is 12.4 Å². The van der Waals surface area contributed by atoms with Crippen LogP contribution in [0.1, 0.15) is 31.0 Å². The minimum Gasteiger partial charge on any atom is -0.378 e. The molecule has 1 aromatic rings. The van der Waals surface area contributed by atoms with E-state index in [1.807, 2.05) is 6.92 Å². The summed E-state index contributed by atoms with van der Waals surface area (Å²) in [5, 5.41) is 7.96. The van der Waals surface area contributed by atoms with Gasteiger partial charge in [-0.1, -0.05) is 5.16 Å². The molecule has 2 atom stereocenters. The Labute approximate surface area is 93.1 Å². The number of fused-ring (bicyclic) bond motifs is 1. The lowest BCUT2D eigenvalue weighted by atomic mass is 9.87. The third-order valence-electron chi connectivity index (χ3n) is 3.54. The van der Waals surface area contributed by atoms with Gasteiger partial charge < -0.3 is 4.84 Å². The number of hydrogen-bond donors (Lipinski definition) is 0. The van der Waals surface area contributed by atoms with Gasteiger partial charge in [0.2, 0.25) is 5.60 Å². The fraction of sp³-hybridized carbons (Fsp3) is 0.545. The minimum absolute atomic E-state index is 0.0967. The van der Waals surface area contributed by atoms with E-state index < -0.39 is 5.60 Å². The molecule has 0 N–H and O–H groups in total. The number of rotatable bonds is 1. The molecule has 1 aliphatic carbocycles. The third-order valence-corrected chi connectivity index (χ3v) is 3.54. The van der Waals surface area contributed by atoms with E-state index in [1.54, 1.807) is 18.5 Å². The van der Waals surface area contributed by atoms with Crippen molar-refractivity contribution in [3.05, 3.63) is 18.5 Å². The van der Waals surface area contributed by atoms with E-state index in [-0.39, 0.29) is 11.8 Å². The van der Waals surface area contributed by atoms with Crippen LogP contribution in [-0.2, 0) is 4.84 Å². The second-order valence-corrected chi connectivity index (χ2v) is 4.41. The normalized spacial score (nSPS) is 32.1. The highest BCUT2D eigenvalue weighted by Gasteiger charge is 2.57. The zero-order valence-electron chi connectivity index (χ0n) is 9.09. The van der Waals surface area contributed by atoms with Gasteiger partial charge in [-0.05, 0) is 32.3 Å². The molecule has 0 saturated heterocycles. The molecule has 1 fully saturated rings. The average molecular weight is 219 g/mol. The third kappa shape index (κ3) is 1.08. The molecule has 0 bridgehead atoms. The summed E-state index contributed by atoms with van der Waals surface area (Å²) < 4.78 is 1.35. The molecule has 5 heteroatoms. The van der Waals surface area contributed by atoms with Gasteiger partial charge in [0.05, 0.1) is 11.6 Å². The zero-order valence-corrected chi connectivity index (χ0v) is 9.09. The van der Waals surface area contributed by atoms with Gasteiger partial charge in [-0.3, -0.25) is 4.79 Å². The molecule has 1 aromatic heterocycles. The van der Waals surface area contributed by atoms with Crippen molar-refractivity contribution in [2.75, 3.05) is 0 Å². The monoisotopic (exact) mass is 219 g/mol. The first-order valence-electron chi connectivity index (χ1n) is 5.51. The first kappa shape index (κ1) is 9.57. The van der Waals surface area contributed by atoms with Gasteiger partial charge in [-0.25, -0.2) is 4.68 Å². The van der Waals surface area contributed by atoms with E-state index in [0.717, 1.165) is 25.0 Å². The van der Waals surface area contributed by atoms with E-state index >= 15 is 0 Å². The Morgan fingerprint density at radius 1 is 1.69 bits per heavy atom. The Hall–Kier alpha value is -1.65. The Balaban J connectivity index is 1.98. The number of aromatic nitrogens is 2. The van der Waals surface area contributed by atoms with Crippen LogP contribution < -0.4 is 0 Å². The maximum atomic E-state index is 12.4. The molecule has 84 valence electrons. The van der Waals surface area contributed by atoms with E-state index in [2.05, 4.69) is 10.3 Å². The fourth-order valence-electron chi connectivity index (χ4n) is 2.73. The summed E-state index contributed by atoms with van der Waals surface area (Å²) in [4.78, 5) is 17.8. The quantitative estimate of drug-likeness (QED) is 0.718. The van der Waals surface area contributed by atoms with Crippen molar-refractivity contribution in [2.24, 2.45) is 11.1 Å². The largest absolute Gasteiger partial charge is 0.378 e. The van der Waals surface area contributed by atoms with Gasteiger partial charge in [0.25, 0.3) is 5.91 Å². The minimum atomic E-state index is -0.782. The average Bonchev–Trinajstić information content (AvgIpc) is 2.96. The molecule has 2 unspecified atom stereocenters. The lowest BCUT2D eigenvalue weighted by Crippen LogP contribution is -2.45. The first-order valence-corrected chi connectivity index (χ1v) is 5.51. The predicted octanol–water partition coefficient (Wildman–Crippen LogP) is 1.47. The molecule has 16 heavy (non-hydrogen) atoms. The van der Waals surface area contributed by atoms with Crippen LogP contribution in [0, 0.1) is 5.92 Å². The number of carbonyl (C=O) groups is 1. The van der Waals surface area contributed by atoms with E-state index in [1.165, 1.54) is 4.68 Å². The van der Waals surface area contributed by atoms with Crippen LogP contribution in [-0.4, -0.2) is 27.0 Å². The summed E-state index contributed by atoms with van der Waals surface area (Å²) >= 11 is 0. The summed E-state index contributed by atoms with van der Waals surface area (Å²) in [6.45, 7) is 1.92. The van der Waals surface area contributed by atoms with Gasteiger partial charge in [-0.15, -0.1) is 0 Å². The van der Waals surface area contributed by atoms with Crippen LogP contribution in [0.4, 0.5) is 0 Å². The molecule has 0 aromatic carbocycles. The van der Waals surface area contributed by atoms with Crippen LogP contribution in [0.2, 0.25) is 0 Å². The summed E-state index contributed by atoms with van der Waals surface area (Å²) in [6.07, 6.45) is 5.97. The van der Waals surface area contributed by atoms with Crippen molar-refractivity contribution in [3.8, 4) is 0 Å². The smallest absolute Gasteiger partial charge is 0.294 e. The second kappa shape index (κ2) is 3.17. The lowest BCUT2D eigenvalue weighted by Gasteiger charge is -2.24. The fourth-order valence-corrected chi connectivity index (χ4v) is 2.73. The van der Waals surface area contributed by atoms with E-state index in [0.29, 0.717) is 0 Å². The topological polar surface area (TPSA) is 56.5 Å². The van der Waals surface area contributed by atoms with Crippen LogP contribution in [0.25, 0.3) is 0 Å². The summed E-state index contributed by atoms with van der Waals surface area (Å²) in [6, 6.07) is 1.74. The van der Waals surface area contributed by atoms with Crippen LogP contribution >= 0.6 is 0 Å². The standard InChI is InChI=1S/C11H13N3O2/c1-8-9-4-2-5-11(9,16-13-8)10(15)14-7-3-6-12-14/h3,6-7,9H,2,4-5H2,1H3. The Morgan fingerprint density at radius 3 is 3.31 bits per heavy atom. The van der Waals surface area contributed by atoms with Crippen molar-refractivity contribution in [2.45, 2.75) is 31.8 Å². The van der Waals surface area contributed by atoms with Gasteiger partial charge >= 0.3 is 0 Å². The molecule has 2 heterocycles. The zero-order chi connectivity index (χ0) is 11.2. The molecule has 0 amide bonds. The van der Waals surface area contributed by atoms with E-state index in [4.69, 9.17) is 4.84 Å². The highest BCUT2D eigenvalue weighted by Crippen LogP contribution is 2.44. The SMILES string of the molecule is CC1=NOC2(C(=O)n3cccn3)CCCC12. The first-order chi connectivity index (χ1) is 7.74. The number of carbonyl (C=O) groups excluding carboxylic acids is 1. The molecule has 5 nitrogen and oxygen atoms in total. The molecular formula is C11H13N3O2. The molecule has 1 saturated carbocycles. The molecule has 1 aliphatic heterocycles. The highest BCUT2D eigenvalue weighted by atomic mass is 16.7. The lowest BCUT2D eigenvalue weighted by molar-refractivity contribution is -0.0222. The van der Waals surface area contributed by atoms with Crippen LogP contribution in [0.3, 0.4) is 0 Å². The van der Waals surface area contributed by atoms with Gasteiger partial charge in [-0.2, -0.15) is 5.10 Å². The van der Waals surface area contributed by atoms with Crippen molar-refractivity contribution in [3.63, 3.8) is 0 Å². The van der Waals surface area contributed by atoms with Gasteiger partial charge in [0.1, 0.15) is 0 Å². The maximum Gasteiger partial charge on any atom is 0.294 e. The predicted molar refractivity (Wildman–Crippen MR) is 57.1 cm³/mol. The Kier molecular flexibility index (Phi) is 1.89. The van der Waals surface area contributed by atoms with Crippen molar-refractivity contribution < 1.29 is 9.63 Å². The Morgan fingerprint density at radius 2 is 2.56 bits per heavy atom. The highest BCUT2D eigenvalue weighted by molar-refractivity contribution is 5.97. The van der Waals surface area contributed by atoms with Crippen LogP contribution in [0.15, 0.2) is 23.6 Å². The number of nitrogens with zero attached hydrogens (tertiary/aromatic N) is 3. The summed E-state index contributed by atoms with van der Waals surface area (Å²) in [5.41, 5.74) is 0.147. The molecule has 2 aliphatic rings. The Bertz CT molecular complexity index is 452. The molecule has 0 spiro atoms.